The van der Waals surface area contributed by atoms with Gasteiger partial charge in [0.05, 0.1) is 12.8 Å². The molecule has 2 saturated carbocycles. The molecule has 2 aromatic rings. The van der Waals surface area contributed by atoms with E-state index in [4.69, 9.17) is 4.74 Å². The number of benzene rings is 1. The quantitative estimate of drug-likeness (QED) is 0.470. The number of hydrogen-bond acceptors (Lipinski definition) is 5. The average Bonchev–Trinajstić information content (AvgIpc) is 3.61. The fraction of sp³-hybridized carbons (Fsp3) is 0.560. The molecule has 5 nitrogen and oxygen atoms in total. The van der Waals surface area contributed by atoms with Gasteiger partial charge in [0.1, 0.15) is 17.5 Å². The number of methoxy groups -OCH3 is 1. The van der Waals surface area contributed by atoms with E-state index in [1.807, 2.05) is 0 Å². The molecule has 0 aliphatic heterocycles. The summed E-state index contributed by atoms with van der Waals surface area (Å²) >= 11 is 0. The molecule has 0 bridgehead atoms. The highest BCUT2D eigenvalue weighted by molar-refractivity contribution is 5.71. The third-order valence-corrected chi connectivity index (χ3v) is 6.42. The van der Waals surface area contributed by atoms with Crippen molar-refractivity contribution < 1.29 is 13.5 Å². The van der Waals surface area contributed by atoms with Crippen LogP contribution in [0, 0.1) is 17.6 Å². The maximum Gasteiger partial charge on any atom is 0.149 e. The smallest absolute Gasteiger partial charge is 0.149 e. The van der Waals surface area contributed by atoms with Gasteiger partial charge >= 0.3 is 0 Å². The lowest BCUT2D eigenvalue weighted by molar-refractivity contribution is 0.161. The Morgan fingerprint density at radius 1 is 1.00 bits per heavy atom. The number of nitrogens with zero attached hydrogens (tertiary/aromatic N) is 1. The highest BCUT2D eigenvalue weighted by Crippen LogP contribution is 2.32. The highest BCUT2D eigenvalue weighted by atomic mass is 19.1. The van der Waals surface area contributed by atoms with Crippen LogP contribution in [-0.2, 0) is 4.74 Å². The molecule has 1 aromatic heterocycles. The third-order valence-electron chi connectivity index (χ3n) is 6.42. The van der Waals surface area contributed by atoms with Gasteiger partial charge in [-0.3, -0.25) is 0 Å². The maximum atomic E-state index is 14.6. The van der Waals surface area contributed by atoms with Crippen molar-refractivity contribution in [3.8, 4) is 11.1 Å². The molecule has 2 aliphatic carbocycles. The van der Waals surface area contributed by atoms with Crippen molar-refractivity contribution in [1.29, 1.82) is 0 Å². The zero-order valence-corrected chi connectivity index (χ0v) is 19.0. The van der Waals surface area contributed by atoms with E-state index in [-0.39, 0.29) is 17.2 Å². The number of anilines is 2. The van der Waals surface area contributed by atoms with Crippen LogP contribution in [0.5, 0.6) is 0 Å². The number of halogens is 2. The van der Waals surface area contributed by atoms with E-state index in [1.165, 1.54) is 25.1 Å². The molecule has 1 heterocycles. The Morgan fingerprint density at radius 3 is 2.44 bits per heavy atom. The molecule has 3 N–H and O–H groups in total. The summed E-state index contributed by atoms with van der Waals surface area (Å²) < 4.78 is 34.4. The lowest BCUT2D eigenvalue weighted by Crippen LogP contribution is -2.42. The van der Waals surface area contributed by atoms with Gasteiger partial charge < -0.3 is 20.7 Å². The molecule has 2 aliphatic rings. The predicted octanol–water partition coefficient (Wildman–Crippen LogP) is 5.20. The van der Waals surface area contributed by atoms with Crippen molar-refractivity contribution in [3.05, 3.63) is 42.1 Å². The molecule has 1 atom stereocenters. The number of aromatic nitrogens is 1. The van der Waals surface area contributed by atoms with E-state index in [1.54, 1.807) is 25.3 Å². The van der Waals surface area contributed by atoms with Crippen LogP contribution in [0.1, 0.15) is 45.4 Å². The SMILES string of the molecule is COCC(C)NC1CCC(Nc2cc(-c3cc(NCC4CC4)ccc3F)c(F)cn2)CC1. The summed E-state index contributed by atoms with van der Waals surface area (Å²) in [6.07, 6.45) is 7.77. The molecule has 0 amide bonds. The third kappa shape index (κ3) is 6.17. The van der Waals surface area contributed by atoms with Crippen molar-refractivity contribution in [1.82, 2.24) is 10.3 Å². The highest BCUT2D eigenvalue weighted by Gasteiger charge is 2.23. The number of rotatable bonds is 10. The van der Waals surface area contributed by atoms with Gasteiger partial charge in [-0.05, 0) is 75.6 Å². The van der Waals surface area contributed by atoms with Crippen LogP contribution in [0.4, 0.5) is 20.3 Å². The molecule has 2 fully saturated rings. The molecule has 0 spiro atoms. The van der Waals surface area contributed by atoms with Crippen molar-refractivity contribution >= 4 is 11.5 Å². The lowest BCUT2D eigenvalue weighted by Gasteiger charge is -2.31. The molecule has 32 heavy (non-hydrogen) atoms. The minimum atomic E-state index is -0.520. The molecule has 4 rings (SSSR count). The van der Waals surface area contributed by atoms with E-state index >= 15 is 0 Å². The first kappa shape index (κ1) is 22.9. The van der Waals surface area contributed by atoms with Crippen LogP contribution in [0.15, 0.2) is 30.5 Å². The zero-order valence-electron chi connectivity index (χ0n) is 19.0. The molecular weight excluding hydrogens is 410 g/mol. The first-order valence-electron chi connectivity index (χ1n) is 11.7. The van der Waals surface area contributed by atoms with Gasteiger partial charge in [0, 0.05) is 48.6 Å². The van der Waals surface area contributed by atoms with Crippen molar-refractivity contribution in [3.63, 3.8) is 0 Å². The van der Waals surface area contributed by atoms with E-state index in [0.29, 0.717) is 30.4 Å². The van der Waals surface area contributed by atoms with Gasteiger partial charge in [-0.15, -0.1) is 0 Å². The second-order valence-corrected chi connectivity index (χ2v) is 9.28. The summed E-state index contributed by atoms with van der Waals surface area (Å²) in [5.74, 6) is 0.329. The summed E-state index contributed by atoms with van der Waals surface area (Å²) in [5, 5.41) is 10.4. The Balaban J connectivity index is 1.39. The van der Waals surface area contributed by atoms with E-state index in [9.17, 15) is 8.78 Å². The van der Waals surface area contributed by atoms with Crippen molar-refractivity contribution in [2.75, 3.05) is 30.9 Å². The zero-order chi connectivity index (χ0) is 22.5. The Hall–Kier alpha value is -2.25. The molecule has 174 valence electrons. The first-order chi connectivity index (χ1) is 15.5. The second kappa shape index (κ2) is 10.6. The van der Waals surface area contributed by atoms with Crippen LogP contribution < -0.4 is 16.0 Å². The van der Waals surface area contributed by atoms with Gasteiger partial charge in [-0.1, -0.05) is 0 Å². The first-order valence-corrected chi connectivity index (χ1v) is 11.7. The lowest BCUT2D eigenvalue weighted by atomic mass is 9.90. The standard InChI is InChI=1S/C25H34F2N4O/c1-16(15-32-2)30-18-5-7-19(8-6-18)31-25-12-22(24(27)14-29-25)21-11-20(9-10-23(21)26)28-13-17-3-4-17/h9-12,14,16-19,28,30H,3-8,13,15H2,1-2H3,(H,29,31). The predicted molar refractivity (Wildman–Crippen MR) is 125 cm³/mol. The second-order valence-electron chi connectivity index (χ2n) is 9.28. The van der Waals surface area contributed by atoms with Gasteiger partial charge in [-0.2, -0.15) is 0 Å². The fourth-order valence-corrected chi connectivity index (χ4v) is 4.46. The number of ether oxygens (including phenoxy) is 1. The van der Waals surface area contributed by atoms with E-state index in [2.05, 4.69) is 27.9 Å². The van der Waals surface area contributed by atoms with E-state index < -0.39 is 11.6 Å². The Labute approximate surface area is 189 Å². The van der Waals surface area contributed by atoms with Gasteiger partial charge in [0.2, 0.25) is 0 Å². The van der Waals surface area contributed by atoms with Crippen LogP contribution in [0.25, 0.3) is 11.1 Å². The number of nitrogens with one attached hydrogen (secondary N) is 3. The van der Waals surface area contributed by atoms with Crippen LogP contribution in [0.3, 0.4) is 0 Å². The van der Waals surface area contributed by atoms with Gasteiger partial charge in [0.15, 0.2) is 0 Å². The molecule has 1 unspecified atom stereocenters. The summed E-state index contributed by atoms with van der Waals surface area (Å²) in [5.41, 5.74) is 1.31. The molecular formula is C25H34F2N4O. The average molecular weight is 445 g/mol. The minimum Gasteiger partial charge on any atom is -0.385 e. The molecule has 0 radical (unpaired) electrons. The Morgan fingerprint density at radius 2 is 1.72 bits per heavy atom. The molecule has 7 heteroatoms. The van der Waals surface area contributed by atoms with Gasteiger partial charge in [-0.25, -0.2) is 13.8 Å². The number of pyridine rings is 1. The fourth-order valence-electron chi connectivity index (χ4n) is 4.46. The Kier molecular flexibility index (Phi) is 7.58. The van der Waals surface area contributed by atoms with Gasteiger partial charge in [0.25, 0.3) is 0 Å². The summed E-state index contributed by atoms with van der Waals surface area (Å²) in [6.45, 7) is 3.71. The minimum absolute atomic E-state index is 0.235. The Bertz CT molecular complexity index is 898. The number of hydrogen-bond donors (Lipinski definition) is 3. The normalized spacial score (nSPS) is 21.9. The van der Waals surface area contributed by atoms with Crippen molar-refractivity contribution in [2.45, 2.75) is 63.6 Å². The van der Waals surface area contributed by atoms with Crippen LogP contribution in [0.2, 0.25) is 0 Å². The largest absolute Gasteiger partial charge is 0.385 e. The van der Waals surface area contributed by atoms with Crippen LogP contribution >= 0.6 is 0 Å². The van der Waals surface area contributed by atoms with Crippen molar-refractivity contribution in [2.24, 2.45) is 5.92 Å². The summed E-state index contributed by atoms with van der Waals surface area (Å²) in [7, 11) is 1.72. The van der Waals surface area contributed by atoms with Crippen LogP contribution in [-0.4, -0.2) is 43.4 Å². The summed E-state index contributed by atoms with van der Waals surface area (Å²) in [6, 6.07) is 7.51. The maximum absolute atomic E-state index is 14.6. The van der Waals surface area contributed by atoms with E-state index in [0.717, 1.165) is 37.9 Å². The molecule has 1 aromatic carbocycles. The molecule has 0 saturated heterocycles. The monoisotopic (exact) mass is 444 g/mol. The topological polar surface area (TPSA) is 58.2 Å². The summed E-state index contributed by atoms with van der Waals surface area (Å²) in [4.78, 5) is 4.21.